The lowest BCUT2D eigenvalue weighted by Crippen LogP contribution is -2.38. The highest BCUT2D eigenvalue weighted by molar-refractivity contribution is 5.85. The molecule has 1 saturated carbocycles. The number of benzene rings is 1. The summed E-state index contributed by atoms with van der Waals surface area (Å²) >= 11 is 0. The zero-order valence-corrected chi connectivity index (χ0v) is 14.2. The fourth-order valence-corrected chi connectivity index (χ4v) is 2.57. The number of hydrogen-bond donors (Lipinski definition) is 2. The lowest BCUT2D eigenvalue weighted by molar-refractivity contribution is -0.121. The summed E-state index contributed by atoms with van der Waals surface area (Å²) in [4.78, 5) is 11.8. The summed E-state index contributed by atoms with van der Waals surface area (Å²) in [7, 11) is 0. The number of aryl methyl sites for hydroxylation is 1. The van der Waals surface area contributed by atoms with E-state index in [2.05, 4.69) is 5.32 Å². The number of hydrogen-bond acceptors (Lipinski definition) is 3. The summed E-state index contributed by atoms with van der Waals surface area (Å²) in [6.07, 6.45) is 3.16. The Kier molecular flexibility index (Phi) is 6.40. The van der Waals surface area contributed by atoms with Gasteiger partial charge in [0.15, 0.2) is 0 Å². The van der Waals surface area contributed by atoms with Crippen LogP contribution in [0.3, 0.4) is 0 Å². The van der Waals surface area contributed by atoms with Crippen molar-refractivity contribution >= 4 is 18.3 Å². The van der Waals surface area contributed by atoms with Crippen molar-refractivity contribution in [1.82, 2.24) is 5.32 Å². The van der Waals surface area contributed by atoms with Crippen molar-refractivity contribution in [3.63, 3.8) is 0 Å². The molecule has 1 atom stereocenters. The lowest BCUT2D eigenvalue weighted by atomic mass is 10.1. The van der Waals surface area contributed by atoms with Crippen molar-refractivity contribution in [1.29, 1.82) is 0 Å². The molecule has 1 aromatic heterocycles. The molecule has 1 aliphatic rings. The van der Waals surface area contributed by atoms with E-state index in [1.54, 1.807) is 30.3 Å². The van der Waals surface area contributed by atoms with Crippen LogP contribution in [0, 0.1) is 11.7 Å². The molecule has 0 radical (unpaired) electrons. The van der Waals surface area contributed by atoms with Gasteiger partial charge in [0, 0.05) is 25.4 Å². The fourth-order valence-electron chi connectivity index (χ4n) is 2.57. The number of nitrogens with two attached hydrogens (primary N) is 1. The van der Waals surface area contributed by atoms with Gasteiger partial charge in [-0.1, -0.05) is 12.1 Å². The Hall–Kier alpha value is -1.85. The van der Waals surface area contributed by atoms with E-state index in [9.17, 15) is 9.18 Å². The molecule has 3 rings (SSSR count). The van der Waals surface area contributed by atoms with E-state index in [4.69, 9.17) is 10.2 Å². The van der Waals surface area contributed by atoms with Crippen LogP contribution >= 0.6 is 12.4 Å². The smallest absolute Gasteiger partial charge is 0.220 e. The van der Waals surface area contributed by atoms with Gasteiger partial charge >= 0.3 is 0 Å². The summed E-state index contributed by atoms with van der Waals surface area (Å²) < 4.78 is 19.3. The highest BCUT2D eigenvalue weighted by Gasteiger charge is 2.28. The maximum atomic E-state index is 13.7. The minimum atomic E-state index is -0.319. The predicted octanol–water partition coefficient (Wildman–Crippen LogP) is 3.29. The normalized spacial score (nSPS) is 14.8. The summed E-state index contributed by atoms with van der Waals surface area (Å²) in [6.45, 7) is 0.530. The Bertz CT molecular complexity index is 685. The molecule has 0 saturated heterocycles. The highest BCUT2D eigenvalue weighted by atomic mass is 35.5. The predicted molar refractivity (Wildman–Crippen MR) is 93.4 cm³/mol. The van der Waals surface area contributed by atoms with E-state index >= 15 is 0 Å². The van der Waals surface area contributed by atoms with Crippen LogP contribution in [-0.2, 0) is 11.2 Å². The first kappa shape index (κ1) is 18.5. The molecule has 130 valence electrons. The van der Waals surface area contributed by atoms with Gasteiger partial charge in [0.05, 0.1) is 5.56 Å². The molecule has 1 heterocycles. The largest absolute Gasteiger partial charge is 0.461 e. The molecule has 1 aromatic carbocycles. The number of rotatable bonds is 7. The SMILES string of the molecule is Cl.NC(CNC(=O)CCc1ccc(-c2ccccc2F)o1)C1CC1. The van der Waals surface area contributed by atoms with E-state index in [1.807, 2.05) is 0 Å². The van der Waals surface area contributed by atoms with Gasteiger partial charge in [-0.25, -0.2) is 4.39 Å². The molecule has 1 unspecified atom stereocenters. The minimum absolute atomic E-state index is 0. The van der Waals surface area contributed by atoms with Gasteiger partial charge in [0.2, 0.25) is 5.91 Å². The van der Waals surface area contributed by atoms with E-state index in [-0.39, 0.29) is 30.2 Å². The van der Waals surface area contributed by atoms with Crippen molar-refractivity contribution in [2.24, 2.45) is 11.7 Å². The van der Waals surface area contributed by atoms with E-state index in [1.165, 1.54) is 18.9 Å². The highest BCUT2D eigenvalue weighted by Crippen LogP contribution is 2.31. The molecule has 0 spiro atoms. The number of carbonyl (C=O) groups is 1. The van der Waals surface area contributed by atoms with Crippen molar-refractivity contribution in [3.8, 4) is 11.3 Å². The van der Waals surface area contributed by atoms with E-state index in [0.717, 1.165) is 0 Å². The molecule has 1 fully saturated rings. The maximum absolute atomic E-state index is 13.7. The minimum Gasteiger partial charge on any atom is -0.461 e. The molecule has 3 N–H and O–H groups in total. The summed E-state index contributed by atoms with van der Waals surface area (Å²) in [5.74, 6) is 1.37. The molecule has 2 aromatic rings. The first-order valence-corrected chi connectivity index (χ1v) is 7.99. The van der Waals surface area contributed by atoms with Crippen LogP contribution in [0.25, 0.3) is 11.3 Å². The third-order valence-corrected chi connectivity index (χ3v) is 4.16. The fraction of sp³-hybridized carbons (Fsp3) is 0.389. The molecule has 1 aliphatic carbocycles. The van der Waals surface area contributed by atoms with Crippen LogP contribution in [0.4, 0.5) is 4.39 Å². The van der Waals surface area contributed by atoms with E-state index in [0.29, 0.717) is 42.4 Å². The molecular formula is C18H22ClFN2O2. The van der Waals surface area contributed by atoms with E-state index < -0.39 is 0 Å². The van der Waals surface area contributed by atoms with Crippen molar-refractivity contribution < 1.29 is 13.6 Å². The summed E-state index contributed by atoms with van der Waals surface area (Å²) in [6, 6.07) is 10.0. The Balaban J connectivity index is 0.00000208. The van der Waals surface area contributed by atoms with Gasteiger partial charge in [-0.05, 0) is 43.0 Å². The molecule has 1 amide bonds. The van der Waals surface area contributed by atoms with Crippen LogP contribution in [0.1, 0.15) is 25.0 Å². The molecule has 0 aliphatic heterocycles. The third-order valence-electron chi connectivity index (χ3n) is 4.16. The van der Waals surface area contributed by atoms with Crippen LogP contribution in [-0.4, -0.2) is 18.5 Å². The molecular weight excluding hydrogens is 331 g/mol. The van der Waals surface area contributed by atoms with Gasteiger partial charge < -0.3 is 15.5 Å². The van der Waals surface area contributed by atoms with Gasteiger partial charge in [-0.2, -0.15) is 0 Å². The van der Waals surface area contributed by atoms with Crippen molar-refractivity contribution in [2.75, 3.05) is 6.54 Å². The number of carbonyl (C=O) groups excluding carboxylic acids is 1. The van der Waals surface area contributed by atoms with Crippen LogP contribution in [0.2, 0.25) is 0 Å². The van der Waals surface area contributed by atoms with Gasteiger partial charge in [-0.3, -0.25) is 4.79 Å². The number of amides is 1. The average Bonchev–Trinajstić information content (AvgIpc) is 3.30. The number of halogens is 2. The van der Waals surface area contributed by atoms with Gasteiger partial charge in [0.25, 0.3) is 0 Å². The average molecular weight is 353 g/mol. The van der Waals surface area contributed by atoms with Crippen LogP contribution in [0.15, 0.2) is 40.8 Å². The monoisotopic (exact) mass is 352 g/mol. The second kappa shape index (κ2) is 8.31. The molecule has 4 nitrogen and oxygen atoms in total. The summed E-state index contributed by atoms with van der Waals surface area (Å²) in [5.41, 5.74) is 6.38. The second-order valence-corrected chi connectivity index (χ2v) is 6.05. The molecule has 0 bridgehead atoms. The molecule has 24 heavy (non-hydrogen) atoms. The standard InChI is InChI=1S/C18H21FN2O2.ClH/c19-15-4-2-1-3-14(15)17-9-7-13(23-17)8-10-18(22)21-11-16(20)12-5-6-12;/h1-4,7,9,12,16H,5-6,8,10-11,20H2,(H,21,22);1H. The first-order chi connectivity index (χ1) is 11.1. The topological polar surface area (TPSA) is 68.3 Å². The Morgan fingerprint density at radius 2 is 2.04 bits per heavy atom. The Morgan fingerprint density at radius 3 is 2.75 bits per heavy atom. The quantitative estimate of drug-likeness (QED) is 0.803. The molecule has 6 heteroatoms. The van der Waals surface area contributed by atoms with Gasteiger partial charge in [0.1, 0.15) is 17.3 Å². The number of furan rings is 1. The Morgan fingerprint density at radius 1 is 1.29 bits per heavy atom. The number of nitrogens with one attached hydrogen (secondary N) is 1. The second-order valence-electron chi connectivity index (χ2n) is 6.05. The zero-order valence-electron chi connectivity index (χ0n) is 13.3. The van der Waals surface area contributed by atoms with Crippen molar-refractivity contribution in [3.05, 3.63) is 48.0 Å². The van der Waals surface area contributed by atoms with Gasteiger partial charge in [-0.15, -0.1) is 12.4 Å². The first-order valence-electron chi connectivity index (χ1n) is 7.99. The Labute approximate surface area is 147 Å². The van der Waals surface area contributed by atoms with Crippen LogP contribution < -0.4 is 11.1 Å². The maximum Gasteiger partial charge on any atom is 0.220 e. The van der Waals surface area contributed by atoms with Crippen LogP contribution in [0.5, 0.6) is 0 Å². The lowest BCUT2D eigenvalue weighted by Gasteiger charge is -2.11. The van der Waals surface area contributed by atoms with Crippen molar-refractivity contribution in [2.45, 2.75) is 31.7 Å². The summed E-state index contributed by atoms with van der Waals surface area (Å²) in [5, 5.41) is 2.86. The third kappa shape index (κ3) is 4.82. The zero-order chi connectivity index (χ0) is 16.2.